The molecule has 0 fully saturated rings. The first-order chi connectivity index (χ1) is 8.06. The van der Waals surface area contributed by atoms with Crippen LogP contribution in [0.5, 0.6) is 17.2 Å². The van der Waals surface area contributed by atoms with Gasteiger partial charge in [0.2, 0.25) is 0 Å². The van der Waals surface area contributed by atoms with Crippen LogP contribution in [0.3, 0.4) is 0 Å². The zero-order valence-electron chi connectivity index (χ0n) is 8.45. The highest BCUT2D eigenvalue weighted by Crippen LogP contribution is 2.34. The van der Waals surface area contributed by atoms with E-state index in [2.05, 4.69) is 67.8 Å². The van der Waals surface area contributed by atoms with E-state index in [0.29, 0.717) is 0 Å². The topological polar surface area (TPSA) is 29.5 Å². The predicted octanol–water partition coefficient (Wildman–Crippen LogP) is 5.00. The molecule has 2 rings (SSSR count). The van der Waals surface area contributed by atoms with Crippen molar-refractivity contribution in [2.45, 2.75) is 0 Å². The molecule has 5 heteroatoms. The molecule has 0 bridgehead atoms. The highest BCUT2D eigenvalue weighted by molar-refractivity contribution is 14.1. The SMILES string of the molecule is Oc1cc(I)c(Oc2cccc(I)c2)c(I)c1. The summed E-state index contributed by atoms with van der Waals surface area (Å²) in [6.45, 7) is 0. The van der Waals surface area contributed by atoms with E-state index in [1.165, 1.54) is 0 Å². The minimum absolute atomic E-state index is 0.258. The fourth-order valence-electron chi connectivity index (χ4n) is 1.29. The van der Waals surface area contributed by atoms with Crippen LogP contribution in [0.1, 0.15) is 0 Å². The van der Waals surface area contributed by atoms with Gasteiger partial charge in [0.25, 0.3) is 0 Å². The summed E-state index contributed by atoms with van der Waals surface area (Å²) in [5.74, 6) is 1.85. The van der Waals surface area contributed by atoms with Crippen LogP contribution < -0.4 is 4.74 Å². The molecule has 2 nitrogen and oxygen atoms in total. The predicted molar refractivity (Wildman–Crippen MR) is 92.8 cm³/mol. The summed E-state index contributed by atoms with van der Waals surface area (Å²) in [6, 6.07) is 11.2. The third-order valence-corrected chi connectivity index (χ3v) is 4.27. The molecule has 0 unspecified atom stereocenters. The number of ether oxygens (including phenoxy) is 1. The molecule has 1 N–H and O–H groups in total. The summed E-state index contributed by atoms with van der Waals surface area (Å²) in [4.78, 5) is 0. The largest absolute Gasteiger partial charge is 0.508 e. The Hall–Kier alpha value is 0.230. The average molecular weight is 564 g/mol. The van der Waals surface area contributed by atoms with Crippen LogP contribution in [0.4, 0.5) is 0 Å². The van der Waals surface area contributed by atoms with Crippen LogP contribution in [-0.2, 0) is 0 Å². The number of benzene rings is 2. The number of hydrogen-bond donors (Lipinski definition) is 1. The first-order valence-corrected chi connectivity index (χ1v) is 7.91. The molecule has 0 amide bonds. The molecule has 0 aliphatic rings. The lowest BCUT2D eigenvalue weighted by Crippen LogP contribution is -1.91. The Kier molecular flexibility index (Phi) is 4.75. The van der Waals surface area contributed by atoms with Crippen LogP contribution in [-0.4, -0.2) is 5.11 Å². The lowest BCUT2D eigenvalue weighted by atomic mass is 10.3. The molecule has 0 heterocycles. The van der Waals surface area contributed by atoms with E-state index in [9.17, 15) is 5.11 Å². The van der Waals surface area contributed by atoms with Crippen molar-refractivity contribution in [2.24, 2.45) is 0 Å². The molecule has 0 aromatic heterocycles. The standard InChI is InChI=1S/C12H7I3O2/c13-7-2-1-3-9(4-7)17-12-10(14)5-8(16)6-11(12)15/h1-6,16H. The van der Waals surface area contributed by atoms with Crippen molar-refractivity contribution >= 4 is 67.8 Å². The Morgan fingerprint density at radius 2 is 1.59 bits per heavy atom. The minimum Gasteiger partial charge on any atom is -0.508 e. The Bertz CT molecular complexity index is 532. The Morgan fingerprint density at radius 1 is 0.941 bits per heavy atom. The third kappa shape index (κ3) is 3.60. The van der Waals surface area contributed by atoms with E-state index in [0.717, 1.165) is 22.2 Å². The van der Waals surface area contributed by atoms with Gasteiger partial charge in [-0.25, -0.2) is 0 Å². The van der Waals surface area contributed by atoms with E-state index in [1.54, 1.807) is 12.1 Å². The Labute approximate surface area is 140 Å². The smallest absolute Gasteiger partial charge is 0.154 e. The molecular weight excluding hydrogens is 557 g/mol. The first kappa shape index (κ1) is 13.7. The summed E-state index contributed by atoms with van der Waals surface area (Å²) < 4.78 is 8.76. The van der Waals surface area contributed by atoms with Gasteiger partial charge in [0.1, 0.15) is 11.5 Å². The number of phenolic OH excluding ortho intramolecular Hbond substituents is 1. The van der Waals surface area contributed by atoms with Gasteiger partial charge in [-0.2, -0.15) is 0 Å². The molecule has 2 aromatic rings. The van der Waals surface area contributed by atoms with E-state index in [1.807, 2.05) is 24.3 Å². The van der Waals surface area contributed by atoms with Gasteiger partial charge >= 0.3 is 0 Å². The number of halogens is 3. The second-order valence-electron chi connectivity index (χ2n) is 3.30. The van der Waals surface area contributed by atoms with Crippen LogP contribution in [0.15, 0.2) is 36.4 Å². The van der Waals surface area contributed by atoms with Crippen LogP contribution >= 0.6 is 67.8 Å². The van der Waals surface area contributed by atoms with Gasteiger partial charge in [-0.05, 0) is 98.1 Å². The van der Waals surface area contributed by atoms with E-state index in [-0.39, 0.29) is 5.75 Å². The quantitative estimate of drug-likeness (QED) is 0.522. The van der Waals surface area contributed by atoms with Crippen LogP contribution in [0, 0.1) is 10.7 Å². The lowest BCUT2D eigenvalue weighted by molar-refractivity contribution is 0.458. The van der Waals surface area contributed by atoms with Gasteiger partial charge in [-0.15, -0.1) is 0 Å². The van der Waals surface area contributed by atoms with Crippen molar-refractivity contribution in [1.29, 1.82) is 0 Å². The Morgan fingerprint density at radius 3 is 2.18 bits per heavy atom. The van der Waals surface area contributed by atoms with Gasteiger partial charge in [0.05, 0.1) is 7.14 Å². The lowest BCUT2D eigenvalue weighted by Gasteiger charge is -2.10. The van der Waals surface area contributed by atoms with Gasteiger partial charge in [0, 0.05) is 3.57 Å². The summed E-state index contributed by atoms with van der Waals surface area (Å²) in [5, 5.41) is 9.46. The molecule has 0 radical (unpaired) electrons. The average Bonchev–Trinajstić information content (AvgIpc) is 2.23. The molecule has 17 heavy (non-hydrogen) atoms. The summed E-state index contributed by atoms with van der Waals surface area (Å²) in [7, 11) is 0. The molecule has 0 spiro atoms. The highest BCUT2D eigenvalue weighted by Gasteiger charge is 2.09. The minimum atomic E-state index is 0.258. The van der Waals surface area contributed by atoms with Crippen LogP contribution in [0.2, 0.25) is 0 Å². The summed E-state index contributed by atoms with van der Waals surface area (Å²) in [5.41, 5.74) is 0. The zero-order chi connectivity index (χ0) is 12.4. The molecule has 0 aliphatic heterocycles. The fraction of sp³-hybridized carbons (Fsp3) is 0. The van der Waals surface area contributed by atoms with Crippen molar-refractivity contribution in [1.82, 2.24) is 0 Å². The van der Waals surface area contributed by atoms with Gasteiger partial charge in [-0.1, -0.05) is 6.07 Å². The second kappa shape index (κ2) is 5.91. The summed E-state index contributed by atoms with van der Waals surface area (Å²) in [6.07, 6.45) is 0. The maximum atomic E-state index is 9.46. The van der Waals surface area contributed by atoms with Gasteiger partial charge in [-0.3, -0.25) is 0 Å². The van der Waals surface area contributed by atoms with Gasteiger partial charge < -0.3 is 9.84 Å². The maximum Gasteiger partial charge on any atom is 0.154 e. The fourth-order valence-corrected chi connectivity index (χ4v) is 3.76. The maximum absolute atomic E-state index is 9.46. The number of hydrogen-bond acceptors (Lipinski definition) is 2. The highest BCUT2D eigenvalue weighted by atomic mass is 127. The molecule has 0 saturated heterocycles. The van der Waals surface area contributed by atoms with Crippen molar-refractivity contribution in [3.63, 3.8) is 0 Å². The molecule has 0 atom stereocenters. The normalized spacial score (nSPS) is 10.3. The van der Waals surface area contributed by atoms with E-state index in [4.69, 9.17) is 4.74 Å². The number of aromatic hydroxyl groups is 1. The molecular formula is C12H7I3O2. The molecule has 0 aliphatic carbocycles. The molecule has 0 saturated carbocycles. The van der Waals surface area contributed by atoms with E-state index < -0.39 is 0 Å². The van der Waals surface area contributed by atoms with Crippen LogP contribution in [0.25, 0.3) is 0 Å². The molecule has 2 aromatic carbocycles. The van der Waals surface area contributed by atoms with Gasteiger partial charge in [0.15, 0.2) is 5.75 Å². The van der Waals surface area contributed by atoms with Crippen molar-refractivity contribution in [2.75, 3.05) is 0 Å². The Balaban J connectivity index is 2.36. The number of phenols is 1. The number of rotatable bonds is 2. The van der Waals surface area contributed by atoms with Crippen molar-refractivity contribution < 1.29 is 9.84 Å². The monoisotopic (exact) mass is 564 g/mol. The summed E-state index contributed by atoms with van der Waals surface area (Å²) >= 11 is 6.56. The zero-order valence-corrected chi connectivity index (χ0v) is 14.9. The van der Waals surface area contributed by atoms with Crippen molar-refractivity contribution in [3.05, 3.63) is 47.1 Å². The second-order valence-corrected chi connectivity index (χ2v) is 6.87. The van der Waals surface area contributed by atoms with E-state index >= 15 is 0 Å². The third-order valence-electron chi connectivity index (χ3n) is 2.00. The first-order valence-electron chi connectivity index (χ1n) is 4.67. The van der Waals surface area contributed by atoms with Crippen molar-refractivity contribution in [3.8, 4) is 17.2 Å². The molecule has 88 valence electrons.